The summed E-state index contributed by atoms with van der Waals surface area (Å²) in [5.74, 6) is -1.25. The predicted octanol–water partition coefficient (Wildman–Crippen LogP) is 2.39. The second-order valence-corrected chi connectivity index (χ2v) is 12.6. The number of thiophene rings is 2. The summed E-state index contributed by atoms with van der Waals surface area (Å²) in [7, 11) is -3.93. The van der Waals surface area contributed by atoms with E-state index in [0.29, 0.717) is 17.7 Å². The maximum atomic E-state index is 13.3. The van der Waals surface area contributed by atoms with E-state index in [1.165, 1.54) is 34.9 Å². The molecule has 3 aromatic heterocycles. The Hall–Kier alpha value is -2.93. The van der Waals surface area contributed by atoms with Crippen LogP contribution in [0.5, 0.6) is 0 Å². The molecule has 1 aliphatic rings. The van der Waals surface area contributed by atoms with Crippen molar-refractivity contribution < 1.29 is 22.8 Å². The van der Waals surface area contributed by atoms with Crippen LogP contribution in [0.1, 0.15) is 32.3 Å². The smallest absolute Gasteiger partial charge is 0.262 e. The standard InChI is InChI=1S/C24H26N4O5S3/c1-16-9-10-21(35-16)24(31)27-19(14-17-6-5-13-34-17)23(30)26-18-7-4-12-28(15-20(18)29)36(32,33)22-8-2-3-11-25-22/h2-3,5-6,8-11,13,18-19H,4,7,12,14-15H2,1H3,(H,26,30)(H,27,31)/t18?,19-/m0/s1. The van der Waals surface area contributed by atoms with Gasteiger partial charge in [0.05, 0.1) is 17.5 Å². The molecule has 2 amide bonds. The number of carbonyl (C=O) groups is 3. The van der Waals surface area contributed by atoms with E-state index in [1.54, 1.807) is 18.2 Å². The number of ketones is 1. The molecule has 2 N–H and O–H groups in total. The van der Waals surface area contributed by atoms with Gasteiger partial charge in [0.1, 0.15) is 6.04 Å². The zero-order valence-corrected chi connectivity index (χ0v) is 22.0. The molecule has 1 fully saturated rings. The third-order valence-corrected chi connectivity index (χ3v) is 9.41. The number of aromatic nitrogens is 1. The van der Waals surface area contributed by atoms with E-state index in [-0.39, 0.29) is 30.4 Å². The lowest BCUT2D eigenvalue weighted by atomic mass is 10.1. The van der Waals surface area contributed by atoms with Gasteiger partial charge in [-0.05, 0) is 55.5 Å². The van der Waals surface area contributed by atoms with Gasteiger partial charge in [-0.25, -0.2) is 13.4 Å². The molecule has 3 aromatic rings. The highest BCUT2D eigenvalue weighted by molar-refractivity contribution is 7.89. The molecule has 1 unspecified atom stereocenters. The van der Waals surface area contributed by atoms with Crippen LogP contribution in [-0.2, 0) is 26.0 Å². The van der Waals surface area contributed by atoms with E-state index in [9.17, 15) is 22.8 Å². The van der Waals surface area contributed by atoms with Gasteiger partial charge in [-0.1, -0.05) is 12.1 Å². The number of amides is 2. The molecular weight excluding hydrogens is 520 g/mol. The van der Waals surface area contributed by atoms with Crippen LogP contribution in [0, 0.1) is 6.92 Å². The Morgan fingerprint density at radius 1 is 1.19 bits per heavy atom. The quantitative estimate of drug-likeness (QED) is 0.447. The van der Waals surface area contributed by atoms with Crippen molar-refractivity contribution in [2.75, 3.05) is 13.1 Å². The first-order chi connectivity index (χ1) is 17.2. The van der Waals surface area contributed by atoms with Crippen LogP contribution in [0.15, 0.2) is 59.1 Å². The summed E-state index contributed by atoms with van der Waals surface area (Å²) in [6, 6.07) is 10.1. The number of hydrogen-bond donors (Lipinski definition) is 2. The van der Waals surface area contributed by atoms with Crippen molar-refractivity contribution in [1.29, 1.82) is 0 Å². The minimum Gasteiger partial charge on any atom is -0.344 e. The van der Waals surface area contributed by atoms with Gasteiger partial charge in [0.2, 0.25) is 5.91 Å². The topological polar surface area (TPSA) is 126 Å². The number of sulfonamides is 1. The molecule has 2 atom stereocenters. The van der Waals surface area contributed by atoms with Gasteiger partial charge in [-0.3, -0.25) is 14.4 Å². The minimum absolute atomic E-state index is 0.122. The van der Waals surface area contributed by atoms with Crippen molar-refractivity contribution in [3.63, 3.8) is 0 Å². The molecule has 0 bridgehead atoms. The van der Waals surface area contributed by atoms with Crippen LogP contribution in [0.3, 0.4) is 0 Å². The number of rotatable bonds is 8. The van der Waals surface area contributed by atoms with E-state index >= 15 is 0 Å². The van der Waals surface area contributed by atoms with Gasteiger partial charge in [0.25, 0.3) is 15.9 Å². The molecule has 0 saturated carbocycles. The fourth-order valence-electron chi connectivity index (χ4n) is 3.88. The fourth-order valence-corrected chi connectivity index (χ4v) is 6.78. The summed E-state index contributed by atoms with van der Waals surface area (Å²) >= 11 is 2.81. The van der Waals surface area contributed by atoms with Crippen LogP contribution in [0.4, 0.5) is 0 Å². The number of aryl methyl sites for hydroxylation is 1. The fraction of sp³-hybridized carbons (Fsp3) is 0.333. The van der Waals surface area contributed by atoms with Gasteiger partial charge in [-0.15, -0.1) is 22.7 Å². The van der Waals surface area contributed by atoms with Crippen LogP contribution < -0.4 is 10.6 Å². The Kier molecular flexibility index (Phi) is 8.29. The molecule has 36 heavy (non-hydrogen) atoms. The van der Waals surface area contributed by atoms with Gasteiger partial charge in [-0.2, -0.15) is 4.31 Å². The maximum absolute atomic E-state index is 13.3. The molecule has 0 spiro atoms. The first kappa shape index (κ1) is 26.1. The minimum atomic E-state index is -3.93. The molecule has 4 heterocycles. The third-order valence-electron chi connectivity index (χ3n) is 5.75. The summed E-state index contributed by atoms with van der Waals surface area (Å²) in [4.78, 5) is 45.3. The van der Waals surface area contributed by atoms with Crippen molar-refractivity contribution in [2.24, 2.45) is 0 Å². The second kappa shape index (κ2) is 11.4. The lowest BCUT2D eigenvalue weighted by Crippen LogP contribution is -2.53. The first-order valence-corrected chi connectivity index (χ1v) is 14.5. The van der Waals surface area contributed by atoms with Crippen molar-refractivity contribution in [3.8, 4) is 0 Å². The van der Waals surface area contributed by atoms with Gasteiger partial charge in [0.15, 0.2) is 10.8 Å². The lowest BCUT2D eigenvalue weighted by Gasteiger charge is -2.22. The molecule has 12 heteroatoms. The predicted molar refractivity (Wildman–Crippen MR) is 138 cm³/mol. The Labute approximate surface area is 217 Å². The third kappa shape index (κ3) is 6.25. The zero-order chi connectivity index (χ0) is 25.7. The molecule has 0 aliphatic carbocycles. The zero-order valence-electron chi connectivity index (χ0n) is 19.5. The summed E-state index contributed by atoms with van der Waals surface area (Å²) in [6.07, 6.45) is 2.34. The molecule has 1 saturated heterocycles. The SMILES string of the molecule is Cc1ccc(C(=O)N[C@@H](Cc2cccs2)C(=O)NC2CCCN(S(=O)(=O)c3ccccn3)CC2=O)s1. The average molecular weight is 547 g/mol. The van der Waals surface area contributed by atoms with Gasteiger partial charge < -0.3 is 10.6 Å². The van der Waals surface area contributed by atoms with Crippen molar-refractivity contribution in [3.05, 3.63) is 68.7 Å². The summed E-state index contributed by atoms with van der Waals surface area (Å²) in [5, 5.41) is 7.33. The number of nitrogens with zero attached hydrogens (tertiary/aromatic N) is 2. The highest BCUT2D eigenvalue weighted by atomic mass is 32.2. The Balaban J connectivity index is 1.46. The highest BCUT2D eigenvalue weighted by Crippen LogP contribution is 2.19. The number of carbonyl (C=O) groups excluding carboxylic acids is 3. The van der Waals surface area contributed by atoms with E-state index in [0.717, 1.165) is 14.1 Å². The molecule has 0 radical (unpaired) electrons. The molecule has 1 aliphatic heterocycles. The second-order valence-electron chi connectivity index (χ2n) is 8.40. The summed E-state index contributed by atoms with van der Waals surface area (Å²) < 4.78 is 27.0. The average Bonchev–Trinajstić information content (AvgIpc) is 3.50. The van der Waals surface area contributed by atoms with E-state index in [2.05, 4.69) is 15.6 Å². The molecule has 4 rings (SSSR count). The summed E-state index contributed by atoms with van der Waals surface area (Å²) in [5.41, 5.74) is 0. The first-order valence-electron chi connectivity index (χ1n) is 11.4. The van der Waals surface area contributed by atoms with Gasteiger partial charge >= 0.3 is 0 Å². The van der Waals surface area contributed by atoms with E-state index < -0.39 is 33.8 Å². The molecular formula is C24H26N4O5S3. The Bertz CT molecular complexity index is 1320. The number of Topliss-reactive ketones (excluding diaryl/α,β-unsaturated/α-hetero) is 1. The number of pyridine rings is 1. The number of hydrogen-bond acceptors (Lipinski definition) is 8. The molecule has 190 valence electrons. The van der Waals surface area contributed by atoms with Crippen molar-refractivity contribution in [1.82, 2.24) is 19.9 Å². The van der Waals surface area contributed by atoms with Crippen LogP contribution in [0.25, 0.3) is 0 Å². The Morgan fingerprint density at radius 3 is 2.69 bits per heavy atom. The highest BCUT2D eigenvalue weighted by Gasteiger charge is 2.34. The largest absolute Gasteiger partial charge is 0.344 e. The molecule has 9 nitrogen and oxygen atoms in total. The number of nitrogens with one attached hydrogen (secondary N) is 2. The molecule has 0 aromatic carbocycles. The van der Waals surface area contributed by atoms with Gasteiger partial charge in [0, 0.05) is 28.9 Å². The van der Waals surface area contributed by atoms with Crippen LogP contribution >= 0.6 is 22.7 Å². The van der Waals surface area contributed by atoms with Crippen LogP contribution in [-0.4, -0.2) is 60.5 Å². The lowest BCUT2D eigenvalue weighted by molar-refractivity contribution is -0.128. The normalized spacial score (nSPS) is 17.8. The van der Waals surface area contributed by atoms with Crippen molar-refractivity contribution >= 4 is 50.3 Å². The summed E-state index contributed by atoms with van der Waals surface area (Å²) in [6.45, 7) is 1.68. The Morgan fingerprint density at radius 2 is 2.03 bits per heavy atom. The van der Waals surface area contributed by atoms with Crippen LogP contribution in [0.2, 0.25) is 0 Å². The van der Waals surface area contributed by atoms with E-state index in [4.69, 9.17) is 0 Å². The maximum Gasteiger partial charge on any atom is 0.262 e. The monoisotopic (exact) mass is 546 g/mol. The van der Waals surface area contributed by atoms with Crippen molar-refractivity contribution in [2.45, 2.75) is 43.3 Å². The van der Waals surface area contributed by atoms with E-state index in [1.807, 2.05) is 30.5 Å².